The summed E-state index contributed by atoms with van der Waals surface area (Å²) in [5, 5.41) is 0. The van der Waals surface area contributed by atoms with E-state index in [-0.39, 0.29) is 23.4 Å². The lowest BCUT2D eigenvalue weighted by Gasteiger charge is -2.17. The van der Waals surface area contributed by atoms with Crippen molar-refractivity contribution < 1.29 is 31.9 Å². The number of esters is 1. The van der Waals surface area contributed by atoms with Gasteiger partial charge in [0.15, 0.2) is 0 Å². The minimum Gasteiger partial charge on any atom is -0.465 e. The van der Waals surface area contributed by atoms with Crippen molar-refractivity contribution in [3.8, 4) is 0 Å². The summed E-state index contributed by atoms with van der Waals surface area (Å²) in [7, 11) is 2.71. The van der Waals surface area contributed by atoms with Crippen LogP contribution in [0.3, 0.4) is 0 Å². The Morgan fingerprint density at radius 1 is 1.23 bits per heavy atom. The molecule has 0 N–H and O–H groups in total. The van der Waals surface area contributed by atoms with Crippen LogP contribution in [0.2, 0.25) is 0 Å². The molecule has 1 amide bonds. The number of aromatic nitrogens is 1. The zero-order chi connectivity index (χ0) is 19.6. The Morgan fingerprint density at radius 3 is 2.42 bits per heavy atom. The van der Waals surface area contributed by atoms with Crippen molar-refractivity contribution in [1.29, 1.82) is 0 Å². The van der Waals surface area contributed by atoms with Crippen molar-refractivity contribution in [2.45, 2.75) is 26.6 Å². The summed E-state index contributed by atoms with van der Waals surface area (Å²) in [5.41, 5.74) is -0.783. The number of nitrogens with zero attached hydrogens (tertiary/aromatic N) is 2. The van der Waals surface area contributed by atoms with Crippen molar-refractivity contribution in [3.63, 3.8) is 0 Å². The van der Waals surface area contributed by atoms with Gasteiger partial charge >= 0.3 is 12.1 Å². The predicted octanol–water partition coefficient (Wildman–Crippen LogP) is 3.37. The molecule has 2 rings (SSSR count). The van der Waals surface area contributed by atoms with Crippen molar-refractivity contribution in [2.75, 3.05) is 14.2 Å². The van der Waals surface area contributed by atoms with Gasteiger partial charge in [0.25, 0.3) is 5.91 Å². The second kappa shape index (κ2) is 7.19. The Hall–Kier alpha value is -2.84. The van der Waals surface area contributed by atoms with Gasteiger partial charge in [-0.2, -0.15) is 13.2 Å². The topological polar surface area (TPSA) is 72.6 Å². The van der Waals surface area contributed by atoms with Crippen molar-refractivity contribution >= 4 is 11.9 Å². The first-order valence-corrected chi connectivity index (χ1v) is 7.52. The molecule has 0 spiro atoms. The van der Waals surface area contributed by atoms with Gasteiger partial charge in [-0.3, -0.25) is 4.79 Å². The molecule has 0 bridgehead atoms. The van der Waals surface area contributed by atoms with E-state index >= 15 is 0 Å². The van der Waals surface area contributed by atoms with Gasteiger partial charge in [0.05, 0.1) is 24.9 Å². The number of hydrogen-bond donors (Lipinski definition) is 0. The first kappa shape index (κ1) is 19.5. The van der Waals surface area contributed by atoms with Crippen LogP contribution in [-0.2, 0) is 17.5 Å². The number of carbonyl (C=O) groups is 2. The third-order valence-electron chi connectivity index (χ3n) is 3.72. The van der Waals surface area contributed by atoms with Gasteiger partial charge in [-0.15, -0.1) is 0 Å². The molecule has 2 aromatic heterocycles. The lowest BCUT2D eigenvalue weighted by molar-refractivity contribution is -0.141. The summed E-state index contributed by atoms with van der Waals surface area (Å²) >= 11 is 0. The normalized spacial score (nSPS) is 11.3. The maximum atomic E-state index is 12.7. The molecule has 6 nitrogen and oxygen atoms in total. The minimum atomic E-state index is -4.58. The average molecular weight is 370 g/mol. The van der Waals surface area contributed by atoms with Gasteiger partial charge in [-0.25, -0.2) is 9.78 Å². The molecule has 140 valence electrons. The number of rotatable bonds is 4. The van der Waals surface area contributed by atoms with Gasteiger partial charge in [0, 0.05) is 7.05 Å². The summed E-state index contributed by atoms with van der Waals surface area (Å²) in [4.78, 5) is 28.8. The molecule has 0 aliphatic rings. The zero-order valence-electron chi connectivity index (χ0n) is 14.6. The Morgan fingerprint density at radius 2 is 1.88 bits per heavy atom. The summed E-state index contributed by atoms with van der Waals surface area (Å²) in [6.45, 7) is 2.95. The number of halogens is 3. The van der Waals surface area contributed by atoms with Crippen molar-refractivity contribution in [2.24, 2.45) is 0 Å². The number of carbonyl (C=O) groups excluding carboxylic acids is 2. The van der Waals surface area contributed by atoms with Crippen LogP contribution in [0, 0.1) is 13.8 Å². The number of pyridine rings is 1. The Kier molecular flexibility index (Phi) is 5.38. The maximum absolute atomic E-state index is 12.7. The molecule has 0 aromatic carbocycles. The van der Waals surface area contributed by atoms with E-state index in [9.17, 15) is 22.8 Å². The number of hydrogen-bond acceptors (Lipinski definition) is 5. The van der Waals surface area contributed by atoms with Gasteiger partial charge in [0.2, 0.25) is 0 Å². The van der Waals surface area contributed by atoms with Crippen LogP contribution in [-0.4, -0.2) is 35.9 Å². The Bertz CT molecular complexity index is 843. The summed E-state index contributed by atoms with van der Waals surface area (Å²) in [6, 6.07) is 3.32. The molecule has 0 fully saturated rings. The van der Waals surface area contributed by atoms with Gasteiger partial charge < -0.3 is 14.1 Å². The lowest BCUT2D eigenvalue weighted by Crippen LogP contribution is -2.27. The molecule has 0 saturated heterocycles. The number of alkyl halides is 3. The van der Waals surface area contributed by atoms with Crippen molar-refractivity contribution in [3.05, 3.63) is 52.2 Å². The summed E-state index contributed by atoms with van der Waals surface area (Å²) in [6.07, 6.45) is -4.58. The molecule has 2 heterocycles. The highest BCUT2D eigenvalue weighted by Gasteiger charge is 2.33. The highest BCUT2D eigenvalue weighted by Crippen LogP contribution is 2.28. The molecule has 9 heteroatoms. The first-order chi connectivity index (χ1) is 12.0. The second-order valence-electron chi connectivity index (χ2n) is 5.66. The fraction of sp³-hybridized carbons (Fsp3) is 0.353. The van der Waals surface area contributed by atoms with Crippen LogP contribution in [0.1, 0.15) is 43.6 Å². The average Bonchev–Trinajstić information content (AvgIpc) is 2.92. The number of methoxy groups -OCH3 is 1. The molecular weight excluding hydrogens is 353 g/mol. The lowest BCUT2D eigenvalue weighted by atomic mass is 10.1. The first-order valence-electron chi connectivity index (χ1n) is 7.52. The van der Waals surface area contributed by atoms with Crippen LogP contribution in [0.15, 0.2) is 22.6 Å². The van der Waals surface area contributed by atoms with E-state index in [1.54, 1.807) is 6.92 Å². The van der Waals surface area contributed by atoms with E-state index < -0.39 is 23.7 Å². The number of ether oxygens (including phenoxy) is 1. The molecule has 0 aliphatic heterocycles. The van der Waals surface area contributed by atoms with Crippen LogP contribution in [0.25, 0.3) is 0 Å². The SMILES string of the molecule is COC(=O)c1cc(CN(C)C(=O)c2ccc(C(F)(F)F)nc2C)oc1C. The highest BCUT2D eigenvalue weighted by molar-refractivity contribution is 5.95. The Labute approximate surface area is 147 Å². The van der Waals surface area contributed by atoms with Gasteiger partial charge in [-0.1, -0.05) is 0 Å². The third kappa shape index (κ3) is 4.04. The highest BCUT2D eigenvalue weighted by atomic mass is 19.4. The van der Waals surface area contributed by atoms with Crippen molar-refractivity contribution in [1.82, 2.24) is 9.88 Å². The smallest absolute Gasteiger partial charge is 0.433 e. The van der Waals surface area contributed by atoms with E-state index in [1.807, 2.05) is 0 Å². The molecular formula is C17H17F3N2O4. The molecule has 0 saturated carbocycles. The second-order valence-corrected chi connectivity index (χ2v) is 5.66. The molecule has 0 unspecified atom stereocenters. The monoisotopic (exact) mass is 370 g/mol. The predicted molar refractivity (Wildman–Crippen MR) is 84.6 cm³/mol. The zero-order valence-corrected chi connectivity index (χ0v) is 14.6. The third-order valence-corrected chi connectivity index (χ3v) is 3.72. The largest absolute Gasteiger partial charge is 0.465 e. The van der Waals surface area contributed by atoms with Crippen LogP contribution >= 0.6 is 0 Å². The van der Waals surface area contributed by atoms with Crippen LogP contribution in [0.4, 0.5) is 13.2 Å². The fourth-order valence-electron chi connectivity index (χ4n) is 2.39. The number of amides is 1. The summed E-state index contributed by atoms with van der Waals surface area (Å²) in [5.74, 6) is -0.386. The standard InChI is InChI=1S/C17H17F3N2O4/c1-9-12(5-6-14(21-9)17(18,19)20)15(23)22(3)8-11-7-13(10(2)26-11)16(24)25-4/h5-7H,8H2,1-4H3. The van der Waals surface area contributed by atoms with Crippen LogP contribution < -0.4 is 0 Å². The molecule has 0 radical (unpaired) electrons. The van der Waals surface area contributed by atoms with Crippen LogP contribution in [0.5, 0.6) is 0 Å². The Balaban J connectivity index is 2.19. The number of furan rings is 1. The molecule has 2 aromatic rings. The van der Waals surface area contributed by atoms with E-state index in [4.69, 9.17) is 4.42 Å². The van der Waals surface area contributed by atoms with E-state index in [0.29, 0.717) is 11.5 Å². The van der Waals surface area contributed by atoms with Gasteiger partial charge in [0.1, 0.15) is 22.8 Å². The molecule has 0 aliphatic carbocycles. The minimum absolute atomic E-state index is 0.0249. The molecule has 26 heavy (non-hydrogen) atoms. The van der Waals surface area contributed by atoms with E-state index in [2.05, 4.69) is 9.72 Å². The summed E-state index contributed by atoms with van der Waals surface area (Å²) < 4.78 is 48.1. The quantitative estimate of drug-likeness (QED) is 0.772. The molecule has 0 atom stereocenters. The van der Waals surface area contributed by atoms with Gasteiger partial charge in [-0.05, 0) is 32.0 Å². The van der Waals surface area contributed by atoms with E-state index in [1.165, 1.54) is 32.0 Å². The fourth-order valence-corrected chi connectivity index (χ4v) is 2.39. The van der Waals surface area contributed by atoms with E-state index in [0.717, 1.165) is 12.1 Å². The number of aryl methyl sites for hydroxylation is 2. The maximum Gasteiger partial charge on any atom is 0.433 e.